The molecule has 114 valence electrons. The topological polar surface area (TPSA) is 75.9 Å². The van der Waals surface area contributed by atoms with Gasteiger partial charge in [-0.15, -0.1) is 0 Å². The van der Waals surface area contributed by atoms with E-state index < -0.39 is 5.60 Å². The van der Waals surface area contributed by atoms with Crippen molar-refractivity contribution in [1.82, 2.24) is 9.80 Å². The van der Waals surface area contributed by atoms with E-state index in [0.29, 0.717) is 26.1 Å². The number of ether oxygens (including phenoxy) is 1. The van der Waals surface area contributed by atoms with E-state index in [2.05, 4.69) is 0 Å². The number of rotatable bonds is 1. The summed E-state index contributed by atoms with van der Waals surface area (Å²) >= 11 is 0. The summed E-state index contributed by atoms with van der Waals surface area (Å²) in [6.45, 7) is 7.42. The van der Waals surface area contributed by atoms with Crippen molar-refractivity contribution in [1.29, 1.82) is 0 Å². The minimum Gasteiger partial charge on any atom is -0.444 e. The fourth-order valence-corrected chi connectivity index (χ4v) is 2.81. The Morgan fingerprint density at radius 3 is 2.60 bits per heavy atom. The maximum Gasteiger partial charge on any atom is 0.410 e. The summed E-state index contributed by atoms with van der Waals surface area (Å²) < 4.78 is 5.39. The van der Waals surface area contributed by atoms with Crippen LogP contribution in [0.1, 0.15) is 40.0 Å². The summed E-state index contributed by atoms with van der Waals surface area (Å²) in [4.78, 5) is 27.5. The minimum absolute atomic E-state index is 0.0700. The second-order valence-corrected chi connectivity index (χ2v) is 6.73. The number of hydrogen-bond donors (Lipinski definition) is 1. The monoisotopic (exact) mass is 283 g/mol. The molecule has 0 saturated carbocycles. The van der Waals surface area contributed by atoms with Crippen LogP contribution in [0.3, 0.4) is 0 Å². The zero-order chi connectivity index (χ0) is 14.9. The van der Waals surface area contributed by atoms with Crippen LogP contribution in [0.15, 0.2) is 0 Å². The smallest absolute Gasteiger partial charge is 0.410 e. The second-order valence-electron chi connectivity index (χ2n) is 6.73. The van der Waals surface area contributed by atoms with Gasteiger partial charge in [-0.05, 0) is 33.6 Å². The Balaban J connectivity index is 1.95. The third kappa shape index (κ3) is 3.62. The van der Waals surface area contributed by atoms with E-state index >= 15 is 0 Å². The molecule has 2 rings (SSSR count). The van der Waals surface area contributed by atoms with Gasteiger partial charge in [-0.25, -0.2) is 4.79 Å². The van der Waals surface area contributed by atoms with Crippen molar-refractivity contribution < 1.29 is 14.3 Å². The lowest BCUT2D eigenvalue weighted by Gasteiger charge is -2.38. The number of nitrogens with two attached hydrogens (primary N) is 1. The van der Waals surface area contributed by atoms with Crippen LogP contribution in [0.2, 0.25) is 0 Å². The number of amides is 2. The van der Waals surface area contributed by atoms with Crippen LogP contribution < -0.4 is 5.73 Å². The SMILES string of the molecule is CC(C)(C)OC(=O)N1CCCC(N2CC(N)CC2=O)C1. The predicted molar refractivity (Wildman–Crippen MR) is 75.1 cm³/mol. The molecule has 0 aromatic rings. The molecule has 20 heavy (non-hydrogen) atoms. The molecule has 2 amide bonds. The number of likely N-dealkylation sites (tertiary alicyclic amines) is 2. The minimum atomic E-state index is -0.490. The Labute approximate surface area is 120 Å². The highest BCUT2D eigenvalue weighted by atomic mass is 16.6. The Morgan fingerprint density at radius 1 is 1.35 bits per heavy atom. The molecule has 6 heteroatoms. The molecule has 0 bridgehead atoms. The predicted octanol–water partition coefficient (Wildman–Crippen LogP) is 0.946. The normalized spacial score (nSPS) is 27.9. The molecular weight excluding hydrogens is 258 g/mol. The quantitative estimate of drug-likeness (QED) is 0.777. The lowest BCUT2D eigenvalue weighted by molar-refractivity contribution is -0.130. The van der Waals surface area contributed by atoms with Crippen molar-refractivity contribution in [2.45, 2.75) is 57.7 Å². The van der Waals surface area contributed by atoms with Crippen molar-refractivity contribution >= 4 is 12.0 Å². The third-order valence-electron chi connectivity index (χ3n) is 3.68. The van der Waals surface area contributed by atoms with Gasteiger partial charge in [0.05, 0.1) is 0 Å². The Kier molecular flexibility index (Phi) is 4.22. The standard InChI is InChI=1S/C14H25N3O3/c1-14(2,3)20-13(19)16-6-4-5-11(9-16)17-8-10(15)7-12(17)18/h10-11H,4-9,15H2,1-3H3. The van der Waals surface area contributed by atoms with Gasteiger partial charge in [0.1, 0.15) is 5.60 Å². The van der Waals surface area contributed by atoms with Crippen molar-refractivity contribution in [2.24, 2.45) is 5.73 Å². The molecule has 0 aromatic heterocycles. The molecule has 2 unspecified atom stereocenters. The van der Waals surface area contributed by atoms with Crippen LogP contribution in [-0.4, -0.2) is 59.1 Å². The molecule has 2 heterocycles. The number of piperidine rings is 1. The van der Waals surface area contributed by atoms with Gasteiger partial charge in [-0.2, -0.15) is 0 Å². The first kappa shape index (κ1) is 15.1. The largest absolute Gasteiger partial charge is 0.444 e. The highest BCUT2D eigenvalue weighted by Gasteiger charge is 2.36. The van der Waals surface area contributed by atoms with Crippen LogP contribution >= 0.6 is 0 Å². The first-order chi connectivity index (χ1) is 9.26. The molecule has 2 fully saturated rings. The molecule has 0 aromatic carbocycles. The highest BCUT2D eigenvalue weighted by molar-refractivity contribution is 5.79. The molecule has 2 aliphatic heterocycles. The molecule has 2 N–H and O–H groups in total. The van der Waals surface area contributed by atoms with E-state index in [1.165, 1.54) is 0 Å². The molecule has 0 radical (unpaired) electrons. The summed E-state index contributed by atoms with van der Waals surface area (Å²) in [5, 5.41) is 0. The maximum atomic E-state index is 12.1. The van der Waals surface area contributed by atoms with E-state index in [9.17, 15) is 9.59 Å². The first-order valence-electron chi connectivity index (χ1n) is 7.29. The number of carbonyl (C=O) groups excluding carboxylic acids is 2. The van der Waals surface area contributed by atoms with E-state index in [4.69, 9.17) is 10.5 Å². The number of carbonyl (C=O) groups is 2. The molecule has 2 saturated heterocycles. The molecule has 0 spiro atoms. The summed E-state index contributed by atoms with van der Waals surface area (Å²) in [6.07, 6.45) is 1.95. The van der Waals surface area contributed by atoms with E-state index in [1.807, 2.05) is 25.7 Å². The fraction of sp³-hybridized carbons (Fsp3) is 0.857. The lowest BCUT2D eigenvalue weighted by Crippen LogP contribution is -2.51. The summed E-state index contributed by atoms with van der Waals surface area (Å²) in [5.74, 6) is 0.105. The van der Waals surface area contributed by atoms with Gasteiger partial charge < -0.3 is 20.3 Å². The van der Waals surface area contributed by atoms with E-state index in [1.54, 1.807) is 4.90 Å². The summed E-state index contributed by atoms with van der Waals surface area (Å²) in [5.41, 5.74) is 5.34. The van der Waals surface area contributed by atoms with Crippen LogP contribution in [-0.2, 0) is 9.53 Å². The van der Waals surface area contributed by atoms with Crippen molar-refractivity contribution in [3.63, 3.8) is 0 Å². The Bertz CT molecular complexity index is 392. The zero-order valence-corrected chi connectivity index (χ0v) is 12.6. The van der Waals surface area contributed by atoms with E-state index in [0.717, 1.165) is 12.8 Å². The van der Waals surface area contributed by atoms with Gasteiger partial charge in [0.15, 0.2) is 0 Å². The van der Waals surface area contributed by atoms with Gasteiger partial charge >= 0.3 is 6.09 Å². The van der Waals surface area contributed by atoms with Crippen LogP contribution in [0, 0.1) is 0 Å². The van der Waals surface area contributed by atoms with Gasteiger partial charge in [0, 0.05) is 38.1 Å². The molecular formula is C14H25N3O3. The van der Waals surface area contributed by atoms with Crippen LogP contribution in [0.25, 0.3) is 0 Å². The second kappa shape index (κ2) is 5.60. The summed E-state index contributed by atoms with van der Waals surface area (Å²) in [6, 6.07) is 0.0109. The maximum absolute atomic E-state index is 12.1. The fourth-order valence-electron chi connectivity index (χ4n) is 2.81. The lowest BCUT2D eigenvalue weighted by atomic mass is 10.0. The molecule has 2 atom stereocenters. The molecule has 0 aliphatic carbocycles. The first-order valence-corrected chi connectivity index (χ1v) is 7.29. The van der Waals surface area contributed by atoms with Gasteiger partial charge in [-0.1, -0.05) is 0 Å². The molecule has 2 aliphatic rings. The average molecular weight is 283 g/mol. The van der Waals surface area contributed by atoms with Crippen molar-refractivity contribution in [3.8, 4) is 0 Å². The van der Waals surface area contributed by atoms with Crippen molar-refractivity contribution in [2.75, 3.05) is 19.6 Å². The Hall–Kier alpha value is -1.30. The summed E-state index contributed by atoms with van der Waals surface area (Å²) in [7, 11) is 0. The van der Waals surface area contributed by atoms with Gasteiger partial charge in [-0.3, -0.25) is 4.79 Å². The average Bonchev–Trinajstić information content (AvgIpc) is 2.66. The van der Waals surface area contributed by atoms with Gasteiger partial charge in [0.25, 0.3) is 0 Å². The van der Waals surface area contributed by atoms with Crippen LogP contribution in [0.4, 0.5) is 4.79 Å². The third-order valence-corrected chi connectivity index (χ3v) is 3.68. The molecule has 6 nitrogen and oxygen atoms in total. The number of nitrogens with zero attached hydrogens (tertiary/aromatic N) is 2. The highest BCUT2D eigenvalue weighted by Crippen LogP contribution is 2.22. The Morgan fingerprint density at radius 2 is 2.05 bits per heavy atom. The van der Waals surface area contributed by atoms with Crippen molar-refractivity contribution in [3.05, 3.63) is 0 Å². The van der Waals surface area contributed by atoms with E-state index in [-0.39, 0.29) is 24.1 Å². The zero-order valence-electron chi connectivity index (χ0n) is 12.6. The number of hydrogen-bond acceptors (Lipinski definition) is 4. The van der Waals surface area contributed by atoms with Crippen LogP contribution in [0.5, 0.6) is 0 Å². The van der Waals surface area contributed by atoms with Gasteiger partial charge in [0.2, 0.25) is 5.91 Å².